The predicted molar refractivity (Wildman–Crippen MR) is 65.1 cm³/mol. The molecule has 2 aromatic rings. The zero-order valence-corrected chi connectivity index (χ0v) is 10.2. The van der Waals surface area contributed by atoms with Crippen LogP contribution in [0.5, 0.6) is 0 Å². The number of halogens is 2. The van der Waals surface area contributed by atoms with E-state index in [-0.39, 0.29) is 16.3 Å². The summed E-state index contributed by atoms with van der Waals surface area (Å²) in [7, 11) is 0. The van der Waals surface area contributed by atoms with Gasteiger partial charge in [-0.1, -0.05) is 11.6 Å². The van der Waals surface area contributed by atoms with E-state index >= 15 is 0 Å². The highest BCUT2D eigenvalue weighted by Gasteiger charge is 2.14. The van der Waals surface area contributed by atoms with Crippen LogP contribution in [0.15, 0.2) is 41.0 Å². The van der Waals surface area contributed by atoms with E-state index in [0.717, 1.165) is 6.07 Å². The second-order valence-corrected chi connectivity index (χ2v) is 3.95. The minimum atomic E-state index is -0.797. The molecule has 19 heavy (non-hydrogen) atoms. The zero-order valence-electron chi connectivity index (χ0n) is 9.44. The zero-order chi connectivity index (χ0) is 13.8. The van der Waals surface area contributed by atoms with Crippen molar-refractivity contribution in [3.8, 4) is 0 Å². The maximum atomic E-state index is 13.4. The smallest absolute Gasteiger partial charge is 0.305 e. The van der Waals surface area contributed by atoms with Gasteiger partial charge in [-0.3, -0.25) is 20.4 Å². The summed E-state index contributed by atoms with van der Waals surface area (Å²) < 4.78 is 18.2. The molecule has 0 radical (unpaired) electrons. The molecule has 0 aliphatic rings. The van der Waals surface area contributed by atoms with E-state index in [1.165, 1.54) is 30.5 Å². The molecule has 98 valence electrons. The van der Waals surface area contributed by atoms with Gasteiger partial charge in [0, 0.05) is 5.02 Å². The Morgan fingerprint density at radius 1 is 1.16 bits per heavy atom. The molecular formula is C12H8ClFN2O3. The third kappa shape index (κ3) is 3.11. The molecule has 0 unspecified atom stereocenters. The van der Waals surface area contributed by atoms with Crippen molar-refractivity contribution in [3.05, 3.63) is 58.8 Å². The molecule has 5 nitrogen and oxygen atoms in total. The Kier molecular flexibility index (Phi) is 3.82. The first-order valence-electron chi connectivity index (χ1n) is 5.17. The summed E-state index contributed by atoms with van der Waals surface area (Å²) in [6.45, 7) is 0. The lowest BCUT2D eigenvalue weighted by Crippen LogP contribution is -2.41. The van der Waals surface area contributed by atoms with E-state index in [0.29, 0.717) is 0 Å². The normalized spacial score (nSPS) is 10.0. The fourth-order valence-electron chi connectivity index (χ4n) is 1.32. The Morgan fingerprint density at radius 3 is 2.53 bits per heavy atom. The van der Waals surface area contributed by atoms with Crippen molar-refractivity contribution in [2.24, 2.45) is 0 Å². The van der Waals surface area contributed by atoms with Gasteiger partial charge in [0.25, 0.3) is 5.91 Å². The monoisotopic (exact) mass is 282 g/mol. The van der Waals surface area contributed by atoms with Gasteiger partial charge in [-0.15, -0.1) is 0 Å². The highest BCUT2D eigenvalue weighted by Crippen LogP contribution is 2.14. The molecular weight excluding hydrogens is 275 g/mol. The summed E-state index contributed by atoms with van der Waals surface area (Å²) in [6, 6.07) is 6.53. The van der Waals surface area contributed by atoms with Crippen molar-refractivity contribution in [1.82, 2.24) is 10.9 Å². The maximum absolute atomic E-state index is 13.4. The Balaban J connectivity index is 2.00. The van der Waals surface area contributed by atoms with Crippen LogP contribution in [0.2, 0.25) is 5.02 Å². The van der Waals surface area contributed by atoms with Gasteiger partial charge in [0.1, 0.15) is 5.82 Å². The molecule has 2 N–H and O–H groups in total. The first kappa shape index (κ1) is 13.1. The molecule has 0 aliphatic carbocycles. The average Bonchev–Trinajstić information content (AvgIpc) is 2.89. The minimum absolute atomic E-state index is 0.0249. The molecule has 0 saturated heterocycles. The lowest BCUT2D eigenvalue weighted by atomic mass is 10.2. The lowest BCUT2D eigenvalue weighted by Gasteiger charge is -2.06. The van der Waals surface area contributed by atoms with E-state index in [2.05, 4.69) is 10.9 Å². The number of nitrogens with one attached hydrogen (secondary N) is 2. The van der Waals surface area contributed by atoms with Crippen LogP contribution in [0.1, 0.15) is 20.9 Å². The van der Waals surface area contributed by atoms with Crippen LogP contribution < -0.4 is 10.9 Å². The van der Waals surface area contributed by atoms with Crippen LogP contribution >= 0.6 is 11.6 Å². The number of hydrogen-bond donors (Lipinski definition) is 2. The van der Waals surface area contributed by atoms with Gasteiger partial charge in [-0.2, -0.15) is 0 Å². The van der Waals surface area contributed by atoms with Crippen molar-refractivity contribution in [2.75, 3.05) is 0 Å². The predicted octanol–water partition coefficient (Wildman–Crippen LogP) is 2.15. The fourth-order valence-corrected chi connectivity index (χ4v) is 1.48. The molecule has 0 spiro atoms. The van der Waals surface area contributed by atoms with Crippen LogP contribution in [-0.2, 0) is 0 Å². The Labute approximate surface area is 112 Å². The van der Waals surface area contributed by atoms with Crippen LogP contribution in [0.3, 0.4) is 0 Å². The van der Waals surface area contributed by atoms with Crippen molar-refractivity contribution in [1.29, 1.82) is 0 Å². The lowest BCUT2D eigenvalue weighted by molar-refractivity contribution is 0.0829. The number of hydrazine groups is 1. The summed E-state index contributed by atoms with van der Waals surface area (Å²) in [6.07, 6.45) is 1.32. The van der Waals surface area contributed by atoms with Gasteiger partial charge in [0.05, 0.1) is 11.8 Å². The number of carbonyl (C=O) groups excluding carboxylic acids is 2. The molecule has 0 saturated carbocycles. The molecule has 2 amide bonds. The summed E-state index contributed by atoms with van der Waals surface area (Å²) in [5.41, 5.74) is 3.93. The first-order valence-corrected chi connectivity index (χ1v) is 5.55. The molecule has 0 bridgehead atoms. The Bertz CT molecular complexity index is 613. The molecule has 0 fully saturated rings. The summed E-state index contributed by atoms with van der Waals surface area (Å²) in [4.78, 5) is 23.1. The Morgan fingerprint density at radius 2 is 1.89 bits per heavy atom. The minimum Gasteiger partial charge on any atom is -0.459 e. The molecule has 1 aromatic heterocycles. The van der Waals surface area contributed by atoms with Crippen LogP contribution in [0.25, 0.3) is 0 Å². The topological polar surface area (TPSA) is 71.3 Å². The summed E-state index contributed by atoms with van der Waals surface area (Å²) in [5, 5.41) is 0.175. The van der Waals surface area contributed by atoms with Crippen LogP contribution in [0, 0.1) is 5.82 Å². The first-order chi connectivity index (χ1) is 9.08. The highest BCUT2D eigenvalue weighted by atomic mass is 35.5. The molecule has 0 aliphatic heterocycles. The number of amides is 2. The SMILES string of the molecule is O=C(NNC(=O)c1ccc(Cl)cc1F)c1ccco1. The molecule has 1 aromatic carbocycles. The highest BCUT2D eigenvalue weighted by molar-refractivity contribution is 6.30. The van der Waals surface area contributed by atoms with Crippen molar-refractivity contribution in [3.63, 3.8) is 0 Å². The number of benzene rings is 1. The summed E-state index contributed by atoms with van der Waals surface area (Å²) in [5.74, 6) is -2.20. The Hall–Kier alpha value is -2.34. The second-order valence-electron chi connectivity index (χ2n) is 3.51. The number of rotatable bonds is 2. The molecule has 7 heteroatoms. The molecule has 0 atom stereocenters. The fraction of sp³-hybridized carbons (Fsp3) is 0. The van der Waals surface area contributed by atoms with Crippen LogP contribution in [-0.4, -0.2) is 11.8 Å². The van der Waals surface area contributed by atoms with Crippen molar-refractivity contribution in [2.45, 2.75) is 0 Å². The quantitative estimate of drug-likeness (QED) is 0.829. The molecule has 1 heterocycles. The van der Waals surface area contributed by atoms with Crippen LogP contribution in [0.4, 0.5) is 4.39 Å². The van der Waals surface area contributed by atoms with Gasteiger partial charge < -0.3 is 4.42 Å². The number of furan rings is 1. The van der Waals surface area contributed by atoms with E-state index in [1.807, 2.05) is 0 Å². The third-order valence-electron chi connectivity index (χ3n) is 2.21. The third-order valence-corrected chi connectivity index (χ3v) is 2.45. The largest absolute Gasteiger partial charge is 0.459 e. The van der Waals surface area contributed by atoms with E-state index in [9.17, 15) is 14.0 Å². The van der Waals surface area contributed by atoms with Gasteiger partial charge in [0.15, 0.2) is 5.76 Å². The summed E-state index contributed by atoms with van der Waals surface area (Å²) >= 11 is 5.56. The van der Waals surface area contributed by atoms with E-state index in [1.54, 1.807) is 0 Å². The van der Waals surface area contributed by atoms with E-state index in [4.69, 9.17) is 16.0 Å². The van der Waals surface area contributed by atoms with Gasteiger partial charge in [-0.05, 0) is 30.3 Å². The molecule has 2 rings (SSSR count). The maximum Gasteiger partial charge on any atom is 0.305 e. The van der Waals surface area contributed by atoms with Crippen molar-refractivity contribution < 1.29 is 18.4 Å². The van der Waals surface area contributed by atoms with E-state index < -0.39 is 17.6 Å². The standard InChI is InChI=1S/C12H8ClFN2O3/c13-7-3-4-8(9(14)6-7)11(17)15-16-12(18)10-2-1-5-19-10/h1-6H,(H,15,17)(H,16,18). The van der Waals surface area contributed by atoms with Gasteiger partial charge in [0.2, 0.25) is 0 Å². The number of carbonyl (C=O) groups is 2. The van der Waals surface area contributed by atoms with Gasteiger partial charge in [-0.25, -0.2) is 4.39 Å². The number of hydrogen-bond acceptors (Lipinski definition) is 3. The van der Waals surface area contributed by atoms with Crippen molar-refractivity contribution >= 4 is 23.4 Å². The van der Waals surface area contributed by atoms with Gasteiger partial charge >= 0.3 is 5.91 Å². The average molecular weight is 283 g/mol. The second kappa shape index (κ2) is 5.53.